The third kappa shape index (κ3) is 2.95. The van der Waals surface area contributed by atoms with E-state index in [-0.39, 0.29) is 0 Å². The Morgan fingerprint density at radius 1 is 1.50 bits per heavy atom. The molecule has 0 saturated heterocycles. The quantitative estimate of drug-likeness (QED) is 0.676. The molecule has 14 heavy (non-hydrogen) atoms. The molecule has 0 fully saturated rings. The average molecular weight is 210 g/mol. The van der Waals surface area contributed by atoms with Crippen molar-refractivity contribution in [2.75, 3.05) is 0 Å². The van der Waals surface area contributed by atoms with Crippen LogP contribution < -0.4 is 0 Å². The fourth-order valence-corrected chi connectivity index (χ4v) is 2.86. The topological polar surface area (TPSA) is 17.1 Å². The van der Waals surface area contributed by atoms with Gasteiger partial charge < -0.3 is 4.79 Å². The van der Waals surface area contributed by atoms with Gasteiger partial charge in [0.05, 0.1) is 0 Å². The largest absolute Gasteiger partial charge is 0.303 e. The minimum Gasteiger partial charge on any atom is -0.303 e. The smallest absolute Gasteiger partial charge is 0.120 e. The van der Waals surface area contributed by atoms with E-state index < -0.39 is 0 Å². The van der Waals surface area contributed by atoms with Gasteiger partial charge in [-0.2, -0.15) is 0 Å². The van der Waals surface area contributed by atoms with Gasteiger partial charge in [-0.25, -0.2) is 0 Å². The third-order valence-electron chi connectivity index (χ3n) is 2.41. The van der Waals surface area contributed by atoms with Crippen LogP contribution in [-0.2, 0) is 4.79 Å². The van der Waals surface area contributed by atoms with E-state index >= 15 is 0 Å². The Morgan fingerprint density at radius 2 is 2.21 bits per heavy atom. The molecule has 0 aliphatic carbocycles. The van der Waals surface area contributed by atoms with Gasteiger partial charge >= 0.3 is 0 Å². The first-order valence-corrected chi connectivity index (χ1v) is 6.00. The standard InChI is InChI=1S/C12H18OS/c1-9(2)8-11(4-6-13)12-10(3)5-7-14-12/h5-7,9,11H,4,8H2,1-3H3. The van der Waals surface area contributed by atoms with Crippen molar-refractivity contribution in [1.82, 2.24) is 0 Å². The Hall–Kier alpha value is -0.630. The lowest BCUT2D eigenvalue weighted by Gasteiger charge is -2.16. The number of thiophene rings is 1. The molecule has 0 saturated carbocycles. The normalized spacial score (nSPS) is 13.1. The minimum atomic E-state index is 0.437. The number of aldehydes is 1. The lowest BCUT2D eigenvalue weighted by Crippen LogP contribution is -2.03. The molecule has 1 atom stereocenters. The lowest BCUT2D eigenvalue weighted by atomic mass is 9.92. The summed E-state index contributed by atoms with van der Waals surface area (Å²) in [6, 6.07) is 2.14. The maximum absolute atomic E-state index is 10.6. The van der Waals surface area contributed by atoms with Gasteiger partial charge in [0.25, 0.3) is 0 Å². The number of carbonyl (C=O) groups excluding carboxylic acids is 1. The van der Waals surface area contributed by atoms with Crippen molar-refractivity contribution in [3.05, 3.63) is 21.9 Å². The second-order valence-electron chi connectivity index (χ2n) is 4.20. The van der Waals surface area contributed by atoms with Gasteiger partial charge in [0.1, 0.15) is 6.29 Å². The van der Waals surface area contributed by atoms with E-state index in [2.05, 4.69) is 32.2 Å². The van der Waals surface area contributed by atoms with Crippen molar-refractivity contribution in [3.8, 4) is 0 Å². The molecule has 78 valence electrons. The summed E-state index contributed by atoms with van der Waals surface area (Å²) in [5.41, 5.74) is 1.34. The predicted octanol–water partition coefficient (Wildman–Crippen LogP) is 3.78. The molecule has 0 bridgehead atoms. The second-order valence-corrected chi connectivity index (χ2v) is 5.14. The summed E-state index contributed by atoms with van der Waals surface area (Å²) >= 11 is 1.78. The van der Waals surface area contributed by atoms with Gasteiger partial charge in [0, 0.05) is 17.2 Å². The Morgan fingerprint density at radius 3 is 2.64 bits per heavy atom. The SMILES string of the molecule is Cc1ccsc1C(CC=O)CC(C)C. The Balaban J connectivity index is 2.77. The molecule has 1 aromatic heterocycles. The summed E-state index contributed by atoms with van der Waals surface area (Å²) in [5.74, 6) is 1.09. The summed E-state index contributed by atoms with van der Waals surface area (Å²) in [7, 11) is 0. The van der Waals surface area contributed by atoms with Crippen molar-refractivity contribution in [2.24, 2.45) is 5.92 Å². The summed E-state index contributed by atoms with van der Waals surface area (Å²) in [5, 5.41) is 2.11. The molecule has 1 rings (SSSR count). The van der Waals surface area contributed by atoms with E-state index in [0.717, 1.165) is 12.7 Å². The van der Waals surface area contributed by atoms with Crippen LogP contribution in [0.4, 0.5) is 0 Å². The van der Waals surface area contributed by atoms with Gasteiger partial charge in [-0.15, -0.1) is 11.3 Å². The first kappa shape index (κ1) is 11.4. The molecule has 1 unspecified atom stereocenters. The maximum Gasteiger partial charge on any atom is 0.120 e. The van der Waals surface area contributed by atoms with Crippen molar-refractivity contribution >= 4 is 17.6 Å². The first-order valence-electron chi connectivity index (χ1n) is 5.12. The fraction of sp³-hybridized carbons (Fsp3) is 0.583. The van der Waals surface area contributed by atoms with Crippen molar-refractivity contribution < 1.29 is 4.79 Å². The molecule has 0 radical (unpaired) electrons. The monoisotopic (exact) mass is 210 g/mol. The van der Waals surface area contributed by atoms with Gasteiger partial charge in [0.15, 0.2) is 0 Å². The van der Waals surface area contributed by atoms with Crippen LogP contribution >= 0.6 is 11.3 Å². The number of rotatable bonds is 5. The lowest BCUT2D eigenvalue weighted by molar-refractivity contribution is -0.108. The average Bonchev–Trinajstić information content (AvgIpc) is 2.50. The molecule has 1 aromatic rings. The number of carbonyl (C=O) groups is 1. The molecule has 2 heteroatoms. The molecule has 0 spiro atoms. The molecule has 0 aromatic carbocycles. The van der Waals surface area contributed by atoms with Gasteiger partial charge in [-0.1, -0.05) is 13.8 Å². The molecule has 0 aliphatic heterocycles. The van der Waals surface area contributed by atoms with E-state index in [1.54, 1.807) is 11.3 Å². The molecule has 1 nitrogen and oxygen atoms in total. The highest BCUT2D eigenvalue weighted by Gasteiger charge is 2.15. The Labute approximate surface area is 90.2 Å². The van der Waals surface area contributed by atoms with E-state index in [1.165, 1.54) is 10.4 Å². The third-order valence-corrected chi connectivity index (χ3v) is 3.59. The van der Waals surface area contributed by atoms with Crippen LogP contribution in [0.2, 0.25) is 0 Å². The fourth-order valence-electron chi connectivity index (χ4n) is 1.80. The zero-order valence-corrected chi connectivity index (χ0v) is 9.93. The maximum atomic E-state index is 10.6. The molecular weight excluding hydrogens is 192 g/mol. The van der Waals surface area contributed by atoms with Crippen LogP contribution in [0.3, 0.4) is 0 Å². The van der Waals surface area contributed by atoms with Crippen molar-refractivity contribution in [3.63, 3.8) is 0 Å². The molecule has 0 amide bonds. The summed E-state index contributed by atoms with van der Waals surface area (Å²) < 4.78 is 0. The van der Waals surface area contributed by atoms with Crippen LogP contribution in [0.5, 0.6) is 0 Å². The van der Waals surface area contributed by atoms with Crippen LogP contribution in [0.15, 0.2) is 11.4 Å². The van der Waals surface area contributed by atoms with Crippen LogP contribution in [0, 0.1) is 12.8 Å². The van der Waals surface area contributed by atoms with E-state index in [9.17, 15) is 4.79 Å². The summed E-state index contributed by atoms with van der Waals surface area (Å²) in [6.07, 6.45) is 2.83. The Kier molecular flexibility index (Phi) is 4.33. The van der Waals surface area contributed by atoms with Gasteiger partial charge in [0.2, 0.25) is 0 Å². The number of aryl methyl sites for hydroxylation is 1. The zero-order chi connectivity index (χ0) is 10.6. The van der Waals surface area contributed by atoms with Gasteiger partial charge in [-0.05, 0) is 36.3 Å². The number of hydrogen-bond donors (Lipinski definition) is 0. The van der Waals surface area contributed by atoms with Gasteiger partial charge in [-0.3, -0.25) is 0 Å². The van der Waals surface area contributed by atoms with E-state index in [4.69, 9.17) is 0 Å². The first-order chi connectivity index (χ1) is 6.65. The van der Waals surface area contributed by atoms with E-state index in [1.807, 2.05) is 0 Å². The molecular formula is C12H18OS. The van der Waals surface area contributed by atoms with Crippen LogP contribution in [0.25, 0.3) is 0 Å². The van der Waals surface area contributed by atoms with Crippen LogP contribution in [0.1, 0.15) is 43.0 Å². The zero-order valence-electron chi connectivity index (χ0n) is 9.12. The molecule has 0 aliphatic rings. The second kappa shape index (κ2) is 5.30. The van der Waals surface area contributed by atoms with Crippen molar-refractivity contribution in [2.45, 2.75) is 39.5 Å². The highest BCUT2D eigenvalue weighted by atomic mass is 32.1. The Bertz CT molecular complexity index is 288. The number of hydrogen-bond acceptors (Lipinski definition) is 2. The van der Waals surface area contributed by atoms with Crippen molar-refractivity contribution in [1.29, 1.82) is 0 Å². The highest BCUT2D eigenvalue weighted by molar-refractivity contribution is 7.10. The predicted molar refractivity (Wildman–Crippen MR) is 61.9 cm³/mol. The molecule has 0 N–H and O–H groups in total. The summed E-state index contributed by atoms with van der Waals surface area (Å²) in [4.78, 5) is 12.0. The highest BCUT2D eigenvalue weighted by Crippen LogP contribution is 2.32. The van der Waals surface area contributed by atoms with E-state index in [0.29, 0.717) is 18.3 Å². The minimum absolute atomic E-state index is 0.437. The summed E-state index contributed by atoms with van der Waals surface area (Å²) in [6.45, 7) is 6.55. The van der Waals surface area contributed by atoms with Crippen LogP contribution in [-0.4, -0.2) is 6.29 Å². The molecule has 1 heterocycles.